The topological polar surface area (TPSA) is 20.2 Å². The van der Waals surface area contributed by atoms with Crippen molar-refractivity contribution in [1.82, 2.24) is 0 Å². The lowest BCUT2D eigenvalue weighted by molar-refractivity contribution is -0.140. The van der Waals surface area contributed by atoms with Crippen molar-refractivity contribution in [3.8, 4) is 0 Å². The van der Waals surface area contributed by atoms with Crippen LogP contribution < -0.4 is 0 Å². The Kier molecular flexibility index (Phi) is 3.95. The van der Waals surface area contributed by atoms with Crippen molar-refractivity contribution >= 4 is 0 Å². The molecule has 0 fully saturated rings. The predicted molar refractivity (Wildman–Crippen MR) is 61.8 cm³/mol. The van der Waals surface area contributed by atoms with Gasteiger partial charge < -0.3 is 5.11 Å². The molecule has 2 aromatic carbocycles. The van der Waals surface area contributed by atoms with Crippen LogP contribution in [0.1, 0.15) is 22.8 Å². The van der Waals surface area contributed by atoms with Crippen LogP contribution in [0, 0.1) is 17.5 Å². The molecule has 0 heterocycles. The second kappa shape index (κ2) is 5.40. The van der Waals surface area contributed by atoms with E-state index in [1.54, 1.807) is 0 Å². The average Bonchev–Trinajstić information content (AvgIpc) is 2.39. The Labute approximate surface area is 115 Å². The maximum Gasteiger partial charge on any atom is 0.419 e. The number of rotatable bonds is 2. The van der Waals surface area contributed by atoms with E-state index in [9.17, 15) is 31.4 Å². The van der Waals surface area contributed by atoms with Crippen LogP contribution in [-0.2, 0) is 6.18 Å². The number of halogens is 6. The van der Waals surface area contributed by atoms with Crippen molar-refractivity contribution < 1.29 is 31.4 Å². The van der Waals surface area contributed by atoms with E-state index in [-0.39, 0.29) is 5.56 Å². The van der Waals surface area contributed by atoms with Crippen LogP contribution in [0.5, 0.6) is 0 Å². The fourth-order valence-electron chi connectivity index (χ4n) is 1.84. The molecule has 0 bridgehead atoms. The summed E-state index contributed by atoms with van der Waals surface area (Å²) in [5.41, 5.74) is -2.31. The van der Waals surface area contributed by atoms with Gasteiger partial charge in [-0.05, 0) is 23.8 Å². The number of hydrogen-bond acceptors (Lipinski definition) is 1. The molecule has 0 aliphatic carbocycles. The average molecular weight is 306 g/mol. The molecule has 0 amide bonds. The number of alkyl halides is 3. The number of aliphatic hydroxyl groups excluding tert-OH is 1. The molecular weight excluding hydrogens is 298 g/mol. The first-order valence-corrected chi connectivity index (χ1v) is 5.70. The zero-order valence-corrected chi connectivity index (χ0v) is 10.3. The molecule has 1 atom stereocenters. The molecule has 0 saturated heterocycles. The summed E-state index contributed by atoms with van der Waals surface area (Å²) in [6.45, 7) is 0. The van der Waals surface area contributed by atoms with Gasteiger partial charge in [-0.3, -0.25) is 0 Å². The van der Waals surface area contributed by atoms with Crippen LogP contribution in [0.4, 0.5) is 26.3 Å². The highest BCUT2D eigenvalue weighted by Crippen LogP contribution is 2.33. The summed E-state index contributed by atoms with van der Waals surface area (Å²) >= 11 is 0. The van der Waals surface area contributed by atoms with Crippen LogP contribution in [-0.4, -0.2) is 5.11 Å². The van der Waals surface area contributed by atoms with E-state index < -0.39 is 40.9 Å². The molecular formula is C14H8F6O. The Bertz CT molecular complexity index is 665. The minimum absolute atomic E-state index is 0.315. The molecule has 0 aromatic heterocycles. The minimum atomic E-state index is -4.88. The van der Waals surface area contributed by atoms with Crippen LogP contribution in [0.25, 0.3) is 0 Å². The lowest BCUT2D eigenvalue weighted by Crippen LogP contribution is -2.10. The summed E-state index contributed by atoms with van der Waals surface area (Å²) in [6, 6.07) is 4.68. The number of hydrogen-bond donors (Lipinski definition) is 1. The molecule has 0 spiro atoms. The van der Waals surface area contributed by atoms with Crippen LogP contribution in [0.3, 0.4) is 0 Å². The molecule has 1 N–H and O–H groups in total. The van der Waals surface area contributed by atoms with Gasteiger partial charge in [0.1, 0.15) is 11.9 Å². The zero-order chi connectivity index (χ0) is 15.8. The normalized spacial score (nSPS) is 13.3. The summed E-state index contributed by atoms with van der Waals surface area (Å²) in [4.78, 5) is 0. The van der Waals surface area contributed by atoms with E-state index in [1.807, 2.05) is 0 Å². The molecule has 2 aromatic rings. The third-order valence-corrected chi connectivity index (χ3v) is 2.89. The molecule has 7 heteroatoms. The Morgan fingerprint density at radius 2 is 1.57 bits per heavy atom. The molecule has 0 saturated carbocycles. The lowest BCUT2D eigenvalue weighted by Gasteiger charge is -2.15. The summed E-state index contributed by atoms with van der Waals surface area (Å²) in [6.07, 6.45) is -6.66. The van der Waals surface area contributed by atoms with Gasteiger partial charge in [-0.2, -0.15) is 13.2 Å². The third-order valence-electron chi connectivity index (χ3n) is 2.89. The summed E-state index contributed by atoms with van der Waals surface area (Å²) in [5.74, 6) is -4.17. The molecule has 1 nitrogen and oxygen atoms in total. The Balaban J connectivity index is 2.43. The van der Waals surface area contributed by atoms with Crippen molar-refractivity contribution in [2.75, 3.05) is 0 Å². The first-order valence-electron chi connectivity index (χ1n) is 5.70. The standard InChI is InChI=1S/C14H8F6O/c15-10-3-1-2-8(12(10)17)13(21)7-4-5-9(11(16)6-7)14(18,19)20/h1-6,13,21H. The van der Waals surface area contributed by atoms with E-state index >= 15 is 0 Å². The molecule has 112 valence electrons. The van der Waals surface area contributed by atoms with Gasteiger partial charge >= 0.3 is 6.18 Å². The van der Waals surface area contributed by atoms with Gasteiger partial charge in [0.15, 0.2) is 11.6 Å². The van der Waals surface area contributed by atoms with E-state index in [0.29, 0.717) is 12.1 Å². The minimum Gasteiger partial charge on any atom is -0.384 e. The summed E-state index contributed by atoms with van der Waals surface area (Å²) < 4.78 is 77.2. The quantitative estimate of drug-likeness (QED) is 0.824. The summed E-state index contributed by atoms with van der Waals surface area (Å²) in [7, 11) is 0. The molecule has 0 aliphatic heterocycles. The fraction of sp³-hybridized carbons (Fsp3) is 0.143. The third kappa shape index (κ3) is 3.02. The van der Waals surface area contributed by atoms with Crippen molar-refractivity contribution in [2.45, 2.75) is 12.3 Å². The smallest absolute Gasteiger partial charge is 0.384 e. The molecule has 0 aliphatic rings. The van der Waals surface area contributed by atoms with Gasteiger partial charge in [-0.1, -0.05) is 18.2 Å². The van der Waals surface area contributed by atoms with Crippen molar-refractivity contribution in [1.29, 1.82) is 0 Å². The summed E-state index contributed by atoms with van der Waals surface area (Å²) in [5, 5.41) is 9.86. The predicted octanol–water partition coefficient (Wildman–Crippen LogP) is 4.20. The molecule has 1 unspecified atom stereocenters. The Morgan fingerprint density at radius 3 is 2.14 bits per heavy atom. The maximum absolute atomic E-state index is 13.5. The van der Waals surface area contributed by atoms with Crippen molar-refractivity contribution in [3.63, 3.8) is 0 Å². The Hall–Kier alpha value is -2.02. The first-order chi connectivity index (χ1) is 9.71. The second-order valence-electron chi connectivity index (χ2n) is 4.28. The highest BCUT2D eigenvalue weighted by Gasteiger charge is 2.34. The first kappa shape index (κ1) is 15.4. The monoisotopic (exact) mass is 306 g/mol. The van der Waals surface area contributed by atoms with Crippen LogP contribution in [0.15, 0.2) is 36.4 Å². The molecule has 0 radical (unpaired) electrons. The van der Waals surface area contributed by atoms with Gasteiger partial charge in [-0.25, -0.2) is 13.2 Å². The Morgan fingerprint density at radius 1 is 0.905 bits per heavy atom. The van der Waals surface area contributed by atoms with Gasteiger partial charge in [0, 0.05) is 5.56 Å². The zero-order valence-electron chi connectivity index (χ0n) is 10.3. The van der Waals surface area contributed by atoms with E-state index in [0.717, 1.165) is 24.3 Å². The maximum atomic E-state index is 13.5. The van der Waals surface area contributed by atoms with Gasteiger partial charge in [0.2, 0.25) is 0 Å². The number of aliphatic hydroxyl groups is 1. The van der Waals surface area contributed by atoms with E-state index in [4.69, 9.17) is 0 Å². The van der Waals surface area contributed by atoms with Crippen LogP contribution in [0.2, 0.25) is 0 Å². The van der Waals surface area contributed by atoms with Gasteiger partial charge in [0.25, 0.3) is 0 Å². The van der Waals surface area contributed by atoms with Crippen LogP contribution >= 0.6 is 0 Å². The second-order valence-corrected chi connectivity index (χ2v) is 4.28. The largest absolute Gasteiger partial charge is 0.419 e. The highest BCUT2D eigenvalue weighted by atomic mass is 19.4. The van der Waals surface area contributed by atoms with Crippen molar-refractivity contribution in [2.24, 2.45) is 0 Å². The van der Waals surface area contributed by atoms with E-state index in [2.05, 4.69) is 0 Å². The van der Waals surface area contributed by atoms with Gasteiger partial charge in [0.05, 0.1) is 5.56 Å². The molecule has 2 rings (SSSR count). The van der Waals surface area contributed by atoms with Crippen molar-refractivity contribution in [3.05, 3.63) is 70.5 Å². The fourth-order valence-corrected chi connectivity index (χ4v) is 1.84. The van der Waals surface area contributed by atoms with E-state index in [1.165, 1.54) is 0 Å². The SMILES string of the molecule is OC(c1ccc(C(F)(F)F)c(F)c1)c1cccc(F)c1F. The molecule has 21 heavy (non-hydrogen) atoms. The number of benzene rings is 2. The van der Waals surface area contributed by atoms with Gasteiger partial charge in [-0.15, -0.1) is 0 Å². The lowest BCUT2D eigenvalue weighted by atomic mass is 9.99. The highest BCUT2D eigenvalue weighted by molar-refractivity contribution is 5.34.